The number of ether oxygens (including phenoxy) is 2. The molecular weight excluding hydrogens is 432 g/mol. The van der Waals surface area contributed by atoms with E-state index in [9.17, 15) is 0 Å². The van der Waals surface area contributed by atoms with Crippen LogP contribution < -0.4 is 15.0 Å². The van der Waals surface area contributed by atoms with Crippen LogP contribution in [0.3, 0.4) is 0 Å². The third kappa shape index (κ3) is 11.6. The Hall–Kier alpha value is -0.780. The van der Waals surface area contributed by atoms with Gasteiger partial charge in [-0.05, 0) is 31.8 Å². The summed E-state index contributed by atoms with van der Waals surface area (Å²) in [5.74, 6) is 0.984. The Balaban J connectivity index is 2.23. The Labute approximate surface area is 181 Å². The highest BCUT2D eigenvalue weighted by Gasteiger charge is 2.10. The van der Waals surface area contributed by atoms with E-state index >= 15 is 0 Å². The number of rotatable bonds is 14. The third-order valence-corrected chi connectivity index (χ3v) is 4.22. The molecule has 152 valence electrons. The third-order valence-electron chi connectivity index (χ3n) is 3.35. The van der Waals surface area contributed by atoms with Gasteiger partial charge < -0.3 is 9.47 Å². The molecule has 0 bridgehead atoms. The molecule has 0 heterocycles. The van der Waals surface area contributed by atoms with Gasteiger partial charge in [-0.3, -0.25) is 10.3 Å². The Kier molecular flexibility index (Phi) is 13.6. The first kappa shape index (κ1) is 24.3. The number of hydroxylamine groups is 1. The maximum Gasteiger partial charge on any atom is 0.156 e. The fraction of sp³-hybridized carbons (Fsp3) is 0.474. The summed E-state index contributed by atoms with van der Waals surface area (Å²) in [4.78, 5) is 5.26. The van der Waals surface area contributed by atoms with Crippen molar-refractivity contribution >= 4 is 46.4 Å². The van der Waals surface area contributed by atoms with Gasteiger partial charge in [0.1, 0.15) is 16.8 Å². The summed E-state index contributed by atoms with van der Waals surface area (Å²) in [6, 6.07) is 3.30. The van der Waals surface area contributed by atoms with E-state index in [0.717, 1.165) is 32.1 Å². The molecule has 1 aromatic carbocycles. The Bertz CT molecular complexity index is 582. The van der Waals surface area contributed by atoms with E-state index in [1.165, 1.54) is 6.08 Å². The van der Waals surface area contributed by atoms with Crippen LogP contribution in [0.4, 0.5) is 0 Å². The zero-order valence-corrected chi connectivity index (χ0v) is 18.3. The smallest absolute Gasteiger partial charge is 0.156 e. The highest BCUT2D eigenvalue weighted by molar-refractivity contribution is 6.55. The molecule has 27 heavy (non-hydrogen) atoms. The van der Waals surface area contributed by atoms with E-state index in [2.05, 4.69) is 12.4 Å². The topological polar surface area (TPSA) is 39.7 Å². The quantitative estimate of drug-likeness (QED) is 0.240. The van der Waals surface area contributed by atoms with Crippen molar-refractivity contribution in [3.63, 3.8) is 0 Å². The molecular formula is C19H25Cl4NO3. The van der Waals surface area contributed by atoms with Gasteiger partial charge in [-0.15, -0.1) is 0 Å². The van der Waals surface area contributed by atoms with Gasteiger partial charge in [0.2, 0.25) is 0 Å². The molecule has 8 heteroatoms. The molecule has 0 spiro atoms. The maximum atomic E-state index is 6.22. The molecule has 0 aliphatic carbocycles. The second kappa shape index (κ2) is 15.2. The van der Waals surface area contributed by atoms with Crippen LogP contribution in [0, 0.1) is 0 Å². The molecule has 0 saturated carbocycles. The normalized spacial score (nSPS) is 10.9. The van der Waals surface area contributed by atoms with Crippen LogP contribution in [0.1, 0.15) is 39.0 Å². The molecule has 0 aromatic heterocycles. The minimum atomic E-state index is 0.142. The number of halogens is 4. The van der Waals surface area contributed by atoms with Crippen LogP contribution in [-0.4, -0.2) is 19.8 Å². The second-order valence-corrected chi connectivity index (χ2v) is 7.38. The van der Waals surface area contributed by atoms with E-state index in [-0.39, 0.29) is 11.1 Å². The van der Waals surface area contributed by atoms with Crippen LogP contribution in [0.15, 0.2) is 35.0 Å². The van der Waals surface area contributed by atoms with Crippen molar-refractivity contribution < 1.29 is 14.3 Å². The van der Waals surface area contributed by atoms with Crippen molar-refractivity contribution in [1.82, 2.24) is 5.48 Å². The molecule has 1 aromatic rings. The molecule has 0 atom stereocenters. The first-order valence-electron chi connectivity index (χ1n) is 8.82. The fourth-order valence-electron chi connectivity index (χ4n) is 2.04. The molecule has 0 saturated heterocycles. The highest BCUT2D eigenvalue weighted by Crippen LogP contribution is 2.37. The second-order valence-electron chi connectivity index (χ2n) is 5.56. The van der Waals surface area contributed by atoms with Crippen molar-refractivity contribution in [2.45, 2.75) is 39.0 Å². The minimum absolute atomic E-state index is 0.142. The van der Waals surface area contributed by atoms with Crippen LogP contribution in [0.2, 0.25) is 10.0 Å². The number of unbranched alkanes of at least 4 members (excludes halogenated alkanes) is 3. The van der Waals surface area contributed by atoms with Gasteiger partial charge in [-0.1, -0.05) is 65.8 Å². The molecule has 0 aliphatic rings. The fourth-order valence-corrected chi connectivity index (χ4v) is 2.74. The van der Waals surface area contributed by atoms with E-state index in [1.54, 1.807) is 18.3 Å². The summed E-state index contributed by atoms with van der Waals surface area (Å²) in [7, 11) is 0. The first-order chi connectivity index (χ1) is 13.0. The number of hydrogen-bond donors (Lipinski definition) is 1. The lowest BCUT2D eigenvalue weighted by atomic mass is 10.2. The number of hydrogen-bond acceptors (Lipinski definition) is 4. The standard InChI is InChI=1S/C19H25Cl4NO3/c1-2-3-9-24-27-11-7-5-4-6-10-26-19-16(20)13-15(14-17(19)21)25-12-8-18(22)23/h3,8-9,13-14,24H,2,4-7,10-12H2,1H3. The van der Waals surface area contributed by atoms with Crippen molar-refractivity contribution in [3.05, 3.63) is 45.0 Å². The molecule has 1 N–H and O–H groups in total. The van der Waals surface area contributed by atoms with Crippen molar-refractivity contribution in [1.29, 1.82) is 0 Å². The first-order valence-corrected chi connectivity index (χ1v) is 10.3. The Morgan fingerprint density at radius 2 is 1.67 bits per heavy atom. The lowest BCUT2D eigenvalue weighted by molar-refractivity contribution is 0.0677. The monoisotopic (exact) mass is 455 g/mol. The van der Waals surface area contributed by atoms with Crippen molar-refractivity contribution in [2.75, 3.05) is 19.8 Å². The molecule has 0 unspecified atom stereocenters. The summed E-state index contributed by atoms with van der Waals surface area (Å²) >= 11 is 23.5. The maximum absolute atomic E-state index is 6.22. The lowest BCUT2D eigenvalue weighted by Crippen LogP contribution is -2.07. The van der Waals surface area contributed by atoms with E-state index in [4.69, 9.17) is 60.7 Å². The largest absolute Gasteiger partial charge is 0.490 e. The van der Waals surface area contributed by atoms with Gasteiger partial charge in [0.25, 0.3) is 0 Å². The molecule has 0 amide bonds. The predicted octanol–water partition coefficient (Wildman–Crippen LogP) is 7.08. The van der Waals surface area contributed by atoms with Gasteiger partial charge in [0.15, 0.2) is 5.75 Å². The highest BCUT2D eigenvalue weighted by atomic mass is 35.5. The van der Waals surface area contributed by atoms with Crippen LogP contribution >= 0.6 is 46.4 Å². The van der Waals surface area contributed by atoms with Crippen molar-refractivity contribution in [2.24, 2.45) is 0 Å². The summed E-state index contributed by atoms with van der Waals surface area (Å²) in [5.41, 5.74) is 2.78. The van der Waals surface area contributed by atoms with Gasteiger partial charge >= 0.3 is 0 Å². The van der Waals surface area contributed by atoms with E-state index in [0.29, 0.717) is 34.8 Å². The summed E-state index contributed by atoms with van der Waals surface area (Å²) in [6.45, 7) is 3.52. The summed E-state index contributed by atoms with van der Waals surface area (Å²) in [6.07, 6.45) is 10.3. The van der Waals surface area contributed by atoms with Gasteiger partial charge in [-0.2, -0.15) is 0 Å². The summed E-state index contributed by atoms with van der Waals surface area (Å²) in [5, 5.41) is 0.802. The Morgan fingerprint density at radius 1 is 1.00 bits per heavy atom. The van der Waals surface area contributed by atoms with Crippen LogP contribution in [-0.2, 0) is 4.84 Å². The number of allylic oxidation sites excluding steroid dienone is 1. The Morgan fingerprint density at radius 3 is 2.30 bits per heavy atom. The molecule has 1 rings (SSSR count). The predicted molar refractivity (Wildman–Crippen MR) is 114 cm³/mol. The number of nitrogens with one attached hydrogen (secondary N) is 1. The number of benzene rings is 1. The summed E-state index contributed by atoms with van der Waals surface area (Å²) < 4.78 is 11.3. The molecule has 0 aliphatic heterocycles. The SMILES string of the molecule is CCC=CNOCCCCCCOc1c(Cl)cc(OCC=C(Cl)Cl)cc1Cl. The minimum Gasteiger partial charge on any atom is -0.490 e. The van der Waals surface area contributed by atoms with E-state index in [1.807, 2.05) is 6.08 Å². The average Bonchev–Trinajstić information content (AvgIpc) is 2.61. The van der Waals surface area contributed by atoms with Crippen molar-refractivity contribution in [3.8, 4) is 11.5 Å². The average molecular weight is 457 g/mol. The van der Waals surface area contributed by atoms with Gasteiger partial charge in [0, 0.05) is 18.3 Å². The lowest BCUT2D eigenvalue weighted by Gasteiger charge is -2.12. The van der Waals surface area contributed by atoms with E-state index < -0.39 is 0 Å². The molecule has 0 fully saturated rings. The van der Waals surface area contributed by atoms with Crippen LogP contribution in [0.25, 0.3) is 0 Å². The molecule has 0 radical (unpaired) electrons. The molecule has 4 nitrogen and oxygen atoms in total. The van der Waals surface area contributed by atoms with Gasteiger partial charge in [0.05, 0.1) is 23.3 Å². The zero-order chi connectivity index (χ0) is 19.9. The van der Waals surface area contributed by atoms with Crippen LogP contribution in [0.5, 0.6) is 11.5 Å². The van der Waals surface area contributed by atoms with Gasteiger partial charge in [-0.25, -0.2) is 0 Å². The zero-order valence-electron chi connectivity index (χ0n) is 15.3.